The number of aromatic nitrogens is 8. The van der Waals surface area contributed by atoms with Crippen LogP contribution in [0.25, 0.3) is 16.9 Å². The SMILES string of the molecule is CCCCCn1c2ncn(Br)c2c(=O)n2c(CCc3nc(CC)no3)nnc12. The van der Waals surface area contributed by atoms with Crippen molar-refractivity contribution in [3.8, 4) is 0 Å². The van der Waals surface area contributed by atoms with Crippen LogP contribution in [0.2, 0.25) is 0 Å². The van der Waals surface area contributed by atoms with Gasteiger partial charge in [-0.15, -0.1) is 10.2 Å². The first-order chi connectivity index (χ1) is 13.6. The van der Waals surface area contributed by atoms with E-state index in [1.807, 2.05) is 11.5 Å². The second-order valence-corrected chi connectivity index (χ2v) is 7.37. The van der Waals surface area contributed by atoms with Crippen LogP contribution in [-0.2, 0) is 25.8 Å². The van der Waals surface area contributed by atoms with E-state index in [-0.39, 0.29) is 5.56 Å². The van der Waals surface area contributed by atoms with Crippen molar-refractivity contribution in [2.45, 2.75) is 58.9 Å². The molecule has 28 heavy (non-hydrogen) atoms. The fourth-order valence-electron chi connectivity index (χ4n) is 3.24. The summed E-state index contributed by atoms with van der Waals surface area (Å²) < 4.78 is 10.3. The Labute approximate surface area is 168 Å². The molecule has 11 heteroatoms. The minimum Gasteiger partial charge on any atom is -0.339 e. The Bertz CT molecular complexity index is 1170. The molecule has 0 aliphatic carbocycles. The minimum atomic E-state index is -0.203. The van der Waals surface area contributed by atoms with Gasteiger partial charge in [0.15, 0.2) is 17.0 Å². The third-order valence-corrected chi connectivity index (χ3v) is 5.23. The van der Waals surface area contributed by atoms with E-state index in [0.29, 0.717) is 53.7 Å². The van der Waals surface area contributed by atoms with Gasteiger partial charge < -0.3 is 4.52 Å². The Morgan fingerprint density at radius 2 is 2.04 bits per heavy atom. The van der Waals surface area contributed by atoms with Gasteiger partial charge in [0, 0.05) is 25.8 Å². The number of aryl methyl sites for hydroxylation is 4. The highest BCUT2D eigenvalue weighted by molar-refractivity contribution is 9.08. The normalized spacial score (nSPS) is 11.8. The number of fused-ring (bicyclic) bond motifs is 2. The lowest BCUT2D eigenvalue weighted by Crippen LogP contribution is -2.22. The van der Waals surface area contributed by atoms with Crippen LogP contribution in [-0.4, -0.2) is 37.9 Å². The summed E-state index contributed by atoms with van der Waals surface area (Å²) in [5.74, 6) is 2.28. The summed E-state index contributed by atoms with van der Waals surface area (Å²) >= 11 is 3.37. The molecule has 0 amide bonds. The average Bonchev–Trinajstić information content (AvgIpc) is 3.41. The zero-order valence-corrected chi connectivity index (χ0v) is 17.4. The topological polar surface area (TPSA) is 109 Å². The van der Waals surface area contributed by atoms with Crippen LogP contribution in [0.3, 0.4) is 0 Å². The zero-order chi connectivity index (χ0) is 19.7. The van der Waals surface area contributed by atoms with E-state index in [2.05, 4.69) is 48.4 Å². The molecule has 0 saturated carbocycles. The smallest absolute Gasteiger partial charge is 0.287 e. The van der Waals surface area contributed by atoms with Crippen molar-refractivity contribution in [1.82, 2.24) is 37.9 Å². The van der Waals surface area contributed by atoms with Gasteiger partial charge in [-0.25, -0.2) is 9.38 Å². The maximum atomic E-state index is 13.1. The lowest BCUT2D eigenvalue weighted by Gasteiger charge is -2.09. The molecule has 0 bridgehead atoms. The molecular weight excluding hydrogens is 428 g/mol. The van der Waals surface area contributed by atoms with Gasteiger partial charge >= 0.3 is 0 Å². The monoisotopic (exact) mass is 448 g/mol. The molecule has 4 rings (SSSR count). The standard InChI is InChI=1S/C17H21BrN8O2/c1-3-5-6-9-24-15-14(25(18)10-19-15)16(27)26-12(21-22-17(24)26)7-8-13-20-11(4-2)23-28-13/h10H,3-9H2,1-2H3. The summed E-state index contributed by atoms with van der Waals surface area (Å²) in [5.41, 5.74) is 0.871. The fourth-order valence-corrected chi connectivity index (χ4v) is 3.64. The molecule has 0 aliphatic heterocycles. The molecule has 0 N–H and O–H groups in total. The molecule has 0 radical (unpaired) electrons. The van der Waals surface area contributed by atoms with Gasteiger partial charge in [-0.2, -0.15) is 4.98 Å². The Hall–Kier alpha value is -2.56. The Kier molecular flexibility index (Phi) is 5.25. The molecule has 0 unspecified atom stereocenters. The summed E-state index contributed by atoms with van der Waals surface area (Å²) in [4.78, 5) is 21.8. The van der Waals surface area contributed by atoms with Crippen molar-refractivity contribution in [2.75, 3.05) is 0 Å². The van der Waals surface area contributed by atoms with E-state index in [9.17, 15) is 4.79 Å². The summed E-state index contributed by atoms with van der Waals surface area (Å²) in [6.45, 7) is 4.84. The second-order valence-electron chi connectivity index (χ2n) is 6.60. The van der Waals surface area contributed by atoms with Gasteiger partial charge in [0.25, 0.3) is 5.56 Å². The summed E-state index contributed by atoms with van der Waals surface area (Å²) in [6.07, 6.45) is 6.43. The van der Waals surface area contributed by atoms with E-state index in [0.717, 1.165) is 25.8 Å². The minimum absolute atomic E-state index is 0.203. The predicted octanol–water partition coefficient (Wildman–Crippen LogP) is 2.32. The van der Waals surface area contributed by atoms with Crippen molar-refractivity contribution in [3.63, 3.8) is 0 Å². The predicted molar refractivity (Wildman–Crippen MR) is 105 cm³/mol. The van der Waals surface area contributed by atoms with Crippen LogP contribution in [0, 0.1) is 0 Å². The first-order valence-electron chi connectivity index (χ1n) is 9.45. The molecule has 4 aromatic rings. The van der Waals surface area contributed by atoms with Gasteiger partial charge in [-0.05, 0) is 6.42 Å². The third kappa shape index (κ3) is 3.23. The highest BCUT2D eigenvalue weighted by Crippen LogP contribution is 2.16. The molecule has 0 atom stereocenters. The molecule has 0 aromatic carbocycles. The number of hydrogen-bond acceptors (Lipinski definition) is 7. The van der Waals surface area contributed by atoms with Crippen LogP contribution in [0.15, 0.2) is 15.6 Å². The Balaban J connectivity index is 1.76. The number of nitrogens with zero attached hydrogens (tertiary/aromatic N) is 8. The first kappa shape index (κ1) is 18.8. The third-order valence-electron chi connectivity index (χ3n) is 4.70. The lowest BCUT2D eigenvalue weighted by molar-refractivity contribution is 0.372. The number of imidazole rings is 1. The van der Waals surface area contributed by atoms with E-state index in [1.165, 1.54) is 0 Å². The van der Waals surface area contributed by atoms with Crippen LogP contribution in [0.4, 0.5) is 0 Å². The van der Waals surface area contributed by atoms with Crippen LogP contribution in [0.1, 0.15) is 50.6 Å². The van der Waals surface area contributed by atoms with Gasteiger partial charge in [-0.3, -0.25) is 13.0 Å². The molecule has 0 spiro atoms. The molecule has 10 nitrogen and oxygen atoms in total. The average molecular weight is 449 g/mol. The lowest BCUT2D eigenvalue weighted by atomic mass is 10.2. The first-order valence-corrected chi connectivity index (χ1v) is 10.2. The largest absolute Gasteiger partial charge is 0.339 e. The molecular formula is C17H21BrN8O2. The van der Waals surface area contributed by atoms with Crippen molar-refractivity contribution >= 4 is 33.1 Å². The number of hydrogen-bond donors (Lipinski definition) is 0. The van der Waals surface area contributed by atoms with Crippen molar-refractivity contribution < 1.29 is 4.52 Å². The molecule has 0 fully saturated rings. The van der Waals surface area contributed by atoms with Crippen molar-refractivity contribution in [2.24, 2.45) is 0 Å². The number of rotatable bonds is 8. The van der Waals surface area contributed by atoms with E-state index in [1.54, 1.807) is 14.3 Å². The molecule has 4 heterocycles. The Morgan fingerprint density at radius 1 is 1.18 bits per heavy atom. The molecule has 0 aliphatic rings. The second kappa shape index (κ2) is 7.82. The van der Waals surface area contributed by atoms with Crippen LogP contribution >= 0.6 is 16.1 Å². The molecule has 0 saturated heterocycles. The van der Waals surface area contributed by atoms with Gasteiger partial charge in [-0.1, -0.05) is 31.8 Å². The maximum absolute atomic E-state index is 13.1. The number of unbranched alkanes of at least 4 members (excludes halogenated alkanes) is 2. The fraction of sp³-hybridized carbons (Fsp3) is 0.529. The van der Waals surface area contributed by atoms with Crippen LogP contribution in [0.5, 0.6) is 0 Å². The van der Waals surface area contributed by atoms with E-state index >= 15 is 0 Å². The zero-order valence-electron chi connectivity index (χ0n) is 15.8. The van der Waals surface area contributed by atoms with Gasteiger partial charge in [0.2, 0.25) is 11.7 Å². The summed E-state index contributed by atoms with van der Waals surface area (Å²) in [7, 11) is 0. The van der Waals surface area contributed by atoms with E-state index < -0.39 is 0 Å². The van der Waals surface area contributed by atoms with Crippen molar-refractivity contribution in [3.05, 3.63) is 34.2 Å². The van der Waals surface area contributed by atoms with Gasteiger partial charge in [0.05, 0.1) is 16.1 Å². The van der Waals surface area contributed by atoms with Crippen molar-refractivity contribution in [1.29, 1.82) is 0 Å². The Morgan fingerprint density at radius 3 is 2.79 bits per heavy atom. The van der Waals surface area contributed by atoms with Crippen LogP contribution < -0.4 is 5.56 Å². The number of halogens is 1. The van der Waals surface area contributed by atoms with E-state index in [4.69, 9.17) is 4.52 Å². The summed E-state index contributed by atoms with van der Waals surface area (Å²) in [5, 5.41) is 12.5. The molecule has 4 aromatic heterocycles. The highest BCUT2D eigenvalue weighted by Gasteiger charge is 2.20. The maximum Gasteiger partial charge on any atom is 0.287 e. The van der Waals surface area contributed by atoms with Gasteiger partial charge in [0.1, 0.15) is 12.2 Å². The highest BCUT2D eigenvalue weighted by atomic mass is 79.9. The summed E-state index contributed by atoms with van der Waals surface area (Å²) in [6, 6.07) is 0. The quantitative estimate of drug-likeness (QED) is 0.380. The molecule has 148 valence electrons.